The Bertz CT molecular complexity index is 826. The van der Waals surface area contributed by atoms with E-state index in [4.69, 9.17) is 18.9 Å². The fraction of sp³-hybridized carbons (Fsp3) is 0.680. The van der Waals surface area contributed by atoms with Crippen molar-refractivity contribution in [2.45, 2.75) is 89.4 Å². The van der Waals surface area contributed by atoms with Crippen LogP contribution in [-0.4, -0.2) is 87.0 Å². The van der Waals surface area contributed by atoms with E-state index in [1.54, 1.807) is 12.1 Å². The maximum atomic E-state index is 12.7. The fourth-order valence-corrected chi connectivity index (χ4v) is 3.77. The second-order valence-corrected chi connectivity index (χ2v) is 9.42. The molecule has 0 aromatic heterocycles. The first kappa shape index (κ1) is 29.9. The van der Waals surface area contributed by atoms with Crippen molar-refractivity contribution in [1.29, 1.82) is 0 Å². The molecule has 6 atom stereocenters. The lowest BCUT2D eigenvalue weighted by Crippen LogP contribution is -2.60. The standard InChI is InChI=1S/C25H38O11/c1-4-5-10-33-19(27)12-25(32,11-15(2)3)24(31)34-14-16-6-8-17(9-7-16)35-23-22(30)21(29)20(28)18(13-26)36-23/h6-9,15,18,20-23,26,28-30,32H,4-5,10-14H2,1-3H3. The third-order valence-corrected chi connectivity index (χ3v) is 5.72. The molecule has 0 spiro atoms. The zero-order valence-corrected chi connectivity index (χ0v) is 20.9. The minimum atomic E-state index is -2.01. The van der Waals surface area contributed by atoms with Gasteiger partial charge in [0.1, 0.15) is 36.8 Å². The van der Waals surface area contributed by atoms with E-state index in [1.807, 2.05) is 20.8 Å². The summed E-state index contributed by atoms with van der Waals surface area (Å²) in [5.41, 5.74) is -1.45. The summed E-state index contributed by atoms with van der Waals surface area (Å²) in [5, 5.41) is 50.0. The number of unbranched alkanes of at least 4 members (excludes halogenated alkanes) is 1. The Balaban J connectivity index is 1.96. The molecule has 1 heterocycles. The monoisotopic (exact) mass is 514 g/mol. The van der Waals surface area contributed by atoms with Crippen molar-refractivity contribution >= 4 is 11.9 Å². The first-order chi connectivity index (χ1) is 17.0. The molecular weight excluding hydrogens is 476 g/mol. The van der Waals surface area contributed by atoms with Crippen molar-refractivity contribution in [1.82, 2.24) is 0 Å². The van der Waals surface area contributed by atoms with E-state index in [-0.39, 0.29) is 31.3 Å². The molecule has 0 saturated carbocycles. The number of hydrogen-bond donors (Lipinski definition) is 5. The lowest BCUT2D eigenvalue weighted by atomic mass is 9.89. The molecule has 2 rings (SSSR count). The van der Waals surface area contributed by atoms with Crippen molar-refractivity contribution in [2.75, 3.05) is 13.2 Å². The maximum absolute atomic E-state index is 12.7. The SMILES string of the molecule is CCCCOC(=O)CC(O)(CC(C)C)C(=O)OCc1ccc(OC2OC(CO)C(O)C(O)C2O)cc1. The average molecular weight is 515 g/mol. The predicted molar refractivity (Wildman–Crippen MR) is 126 cm³/mol. The third-order valence-electron chi connectivity index (χ3n) is 5.72. The summed E-state index contributed by atoms with van der Waals surface area (Å²) in [6, 6.07) is 6.17. The van der Waals surface area contributed by atoms with Gasteiger partial charge in [0.05, 0.1) is 19.6 Å². The highest BCUT2D eigenvalue weighted by atomic mass is 16.7. The minimum absolute atomic E-state index is 0.0284. The molecule has 1 aliphatic heterocycles. The first-order valence-corrected chi connectivity index (χ1v) is 12.1. The molecule has 0 radical (unpaired) electrons. The highest BCUT2D eigenvalue weighted by Gasteiger charge is 2.45. The molecule has 5 N–H and O–H groups in total. The summed E-state index contributed by atoms with van der Waals surface area (Å²) < 4.78 is 21.2. The van der Waals surface area contributed by atoms with Gasteiger partial charge in [0.2, 0.25) is 6.29 Å². The minimum Gasteiger partial charge on any atom is -0.466 e. The second kappa shape index (κ2) is 13.9. The van der Waals surface area contributed by atoms with Crippen LogP contribution >= 0.6 is 0 Å². The van der Waals surface area contributed by atoms with Crippen LogP contribution in [0.2, 0.25) is 0 Å². The van der Waals surface area contributed by atoms with E-state index in [1.165, 1.54) is 12.1 Å². The second-order valence-electron chi connectivity index (χ2n) is 9.42. The number of hydrogen-bond acceptors (Lipinski definition) is 11. The Morgan fingerprint density at radius 2 is 1.72 bits per heavy atom. The predicted octanol–water partition coefficient (Wildman–Crippen LogP) is 0.419. The number of ether oxygens (including phenoxy) is 4. The number of aliphatic hydroxyl groups is 5. The van der Waals surface area contributed by atoms with Crippen molar-refractivity contribution in [2.24, 2.45) is 5.92 Å². The number of rotatable bonds is 13. The number of aliphatic hydroxyl groups excluding tert-OH is 4. The average Bonchev–Trinajstić information content (AvgIpc) is 2.83. The van der Waals surface area contributed by atoms with Gasteiger partial charge >= 0.3 is 11.9 Å². The smallest absolute Gasteiger partial charge is 0.339 e. The van der Waals surface area contributed by atoms with Crippen LogP contribution in [0.1, 0.15) is 52.0 Å². The Labute approximate surface area is 210 Å². The molecule has 204 valence electrons. The number of carbonyl (C=O) groups excluding carboxylic acids is 2. The molecule has 1 saturated heterocycles. The van der Waals surface area contributed by atoms with Crippen LogP contribution < -0.4 is 4.74 Å². The Hall–Kier alpha value is -2.28. The summed E-state index contributed by atoms with van der Waals surface area (Å²) in [6.07, 6.45) is -5.96. The van der Waals surface area contributed by atoms with Gasteiger partial charge in [0.15, 0.2) is 5.60 Å². The highest BCUT2D eigenvalue weighted by molar-refractivity contribution is 5.85. The van der Waals surface area contributed by atoms with Crippen LogP contribution in [-0.2, 0) is 30.4 Å². The number of esters is 2. The van der Waals surface area contributed by atoms with Gasteiger partial charge in [0, 0.05) is 0 Å². The van der Waals surface area contributed by atoms with Crippen LogP contribution in [0.4, 0.5) is 0 Å². The maximum Gasteiger partial charge on any atom is 0.339 e. The molecule has 36 heavy (non-hydrogen) atoms. The van der Waals surface area contributed by atoms with Gasteiger partial charge in [-0.1, -0.05) is 39.3 Å². The van der Waals surface area contributed by atoms with Crippen molar-refractivity contribution in [3.63, 3.8) is 0 Å². The molecule has 11 heteroatoms. The molecular formula is C25H38O11. The van der Waals surface area contributed by atoms with Gasteiger partial charge in [-0.3, -0.25) is 4.79 Å². The highest BCUT2D eigenvalue weighted by Crippen LogP contribution is 2.26. The van der Waals surface area contributed by atoms with Crippen molar-refractivity contribution < 1.29 is 54.1 Å². The molecule has 1 aromatic rings. The fourth-order valence-electron chi connectivity index (χ4n) is 3.77. The van der Waals surface area contributed by atoms with Gasteiger partial charge in [-0.2, -0.15) is 0 Å². The van der Waals surface area contributed by atoms with E-state index >= 15 is 0 Å². The van der Waals surface area contributed by atoms with E-state index in [2.05, 4.69) is 0 Å². The van der Waals surface area contributed by atoms with Gasteiger partial charge < -0.3 is 44.5 Å². The van der Waals surface area contributed by atoms with Crippen LogP contribution in [0.25, 0.3) is 0 Å². The van der Waals surface area contributed by atoms with Crippen LogP contribution in [0.5, 0.6) is 5.75 Å². The third kappa shape index (κ3) is 8.39. The molecule has 11 nitrogen and oxygen atoms in total. The van der Waals surface area contributed by atoms with Crippen LogP contribution in [0, 0.1) is 5.92 Å². The Morgan fingerprint density at radius 3 is 2.31 bits per heavy atom. The first-order valence-electron chi connectivity index (χ1n) is 12.1. The summed E-state index contributed by atoms with van der Waals surface area (Å²) >= 11 is 0. The Kier molecular flexibility index (Phi) is 11.5. The zero-order chi connectivity index (χ0) is 26.9. The van der Waals surface area contributed by atoms with Gasteiger partial charge in [-0.25, -0.2) is 4.79 Å². The summed E-state index contributed by atoms with van der Waals surface area (Å²) in [6.45, 7) is 5.05. The zero-order valence-electron chi connectivity index (χ0n) is 20.9. The van der Waals surface area contributed by atoms with Gasteiger partial charge in [-0.05, 0) is 36.5 Å². The normalized spacial score (nSPS) is 25.8. The van der Waals surface area contributed by atoms with Crippen LogP contribution in [0.3, 0.4) is 0 Å². The molecule has 1 fully saturated rings. The molecule has 1 aliphatic rings. The molecule has 0 aliphatic carbocycles. The van der Waals surface area contributed by atoms with Gasteiger partial charge in [-0.15, -0.1) is 0 Å². The molecule has 0 amide bonds. The van der Waals surface area contributed by atoms with Crippen LogP contribution in [0.15, 0.2) is 24.3 Å². The van der Waals surface area contributed by atoms with E-state index in [0.717, 1.165) is 6.42 Å². The topological polar surface area (TPSA) is 172 Å². The Morgan fingerprint density at radius 1 is 1.06 bits per heavy atom. The van der Waals surface area contributed by atoms with Crippen molar-refractivity contribution in [3.05, 3.63) is 29.8 Å². The van der Waals surface area contributed by atoms with Gasteiger partial charge in [0.25, 0.3) is 0 Å². The summed E-state index contributed by atoms with van der Waals surface area (Å²) in [5.74, 6) is -1.42. The quantitative estimate of drug-likeness (QED) is 0.182. The number of benzene rings is 1. The molecule has 6 unspecified atom stereocenters. The van der Waals surface area contributed by atoms with Crippen molar-refractivity contribution in [3.8, 4) is 5.75 Å². The molecule has 1 aromatic carbocycles. The van der Waals surface area contributed by atoms with E-state index in [9.17, 15) is 35.1 Å². The summed E-state index contributed by atoms with van der Waals surface area (Å²) in [7, 11) is 0. The van der Waals surface area contributed by atoms with E-state index in [0.29, 0.717) is 12.0 Å². The van der Waals surface area contributed by atoms with E-state index < -0.39 is 61.3 Å². The summed E-state index contributed by atoms with van der Waals surface area (Å²) in [4.78, 5) is 24.8. The number of carbonyl (C=O) groups is 2. The lowest BCUT2D eigenvalue weighted by molar-refractivity contribution is -0.277. The molecule has 0 bridgehead atoms. The lowest BCUT2D eigenvalue weighted by Gasteiger charge is -2.39. The largest absolute Gasteiger partial charge is 0.466 e.